The fourth-order valence-corrected chi connectivity index (χ4v) is 3.24. The molecular formula is C21H24N4O3. The molecule has 0 bridgehead atoms. The highest BCUT2D eigenvalue weighted by molar-refractivity contribution is 5.92. The molecular weight excluding hydrogens is 356 g/mol. The summed E-state index contributed by atoms with van der Waals surface area (Å²) in [6.07, 6.45) is 3.44. The van der Waals surface area contributed by atoms with Crippen LogP contribution >= 0.6 is 0 Å². The van der Waals surface area contributed by atoms with Crippen LogP contribution in [0.3, 0.4) is 0 Å². The van der Waals surface area contributed by atoms with Crippen LogP contribution in [0, 0.1) is 18.3 Å². The van der Waals surface area contributed by atoms with Crippen molar-refractivity contribution < 1.29 is 14.3 Å². The van der Waals surface area contributed by atoms with E-state index in [0.29, 0.717) is 29.4 Å². The zero-order chi connectivity index (χ0) is 19.9. The van der Waals surface area contributed by atoms with E-state index in [2.05, 4.69) is 21.6 Å². The molecule has 0 spiro atoms. The molecule has 7 nitrogen and oxygen atoms in total. The van der Waals surface area contributed by atoms with E-state index in [1.54, 1.807) is 30.3 Å². The molecule has 1 amide bonds. The number of amides is 1. The summed E-state index contributed by atoms with van der Waals surface area (Å²) in [5, 5.41) is 20.0. The van der Waals surface area contributed by atoms with Gasteiger partial charge >= 0.3 is 0 Å². The number of aryl methyl sites for hydroxylation is 1. The van der Waals surface area contributed by atoms with Crippen LogP contribution in [-0.4, -0.2) is 34.9 Å². The molecule has 2 aromatic rings. The Morgan fingerprint density at radius 2 is 2.00 bits per heavy atom. The summed E-state index contributed by atoms with van der Waals surface area (Å²) in [5.74, 6) is 1.05. The van der Waals surface area contributed by atoms with Crippen LogP contribution in [-0.2, 0) is 0 Å². The molecule has 1 aliphatic carbocycles. The summed E-state index contributed by atoms with van der Waals surface area (Å²) in [5.41, 5.74) is 1.62. The van der Waals surface area contributed by atoms with E-state index in [0.717, 1.165) is 31.4 Å². The average molecular weight is 380 g/mol. The predicted molar refractivity (Wildman–Crippen MR) is 103 cm³/mol. The van der Waals surface area contributed by atoms with Gasteiger partial charge in [-0.15, -0.1) is 5.10 Å². The van der Waals surface area contributed by atoms with Crippen LogP contribution in [0.4, 0.5) is 0 Å². The summed E-state index contributed by atoms with van der Waals surface area (Å²) in [6.45, 7) is 4.21. The van der Waals surface area contributed by atoms with Crippen molar-refractivity contribution in [2.45, 2.75) is 51.7 Å². The minimum absolute atomic E-state index is 0.0785. The molecule has 1 saturated carbocycles. The van der Waals surface area contributed by atoms with Crippen LogP contribution in [0.2, 0.25) is 0 Å². The Labute approximate surface area is 164 Å². The summed E-state index contributed by atoms with van der Waals surface area (Å²) in [7, 11) is 0. The highest BCUT2D eigenvalue weighted by Crippen LogP contribution is 2.28. The Balaban J connectivity index is 1.51. The number of nitrogens with one attached hydrogen (secondary N) is 1. The standard InChI is InChI=1S/C21H24N4O3/c1-3-27-20-12-18(8-5-15(20)13-22)28-17-9-6-16(7-10-17)23-21(26)19-11-4-14(2)24-25-19/h4-5,8,11-12,16-17H,3,6-7,9-10H2,1-2H3,(H,23,26). The average Bonchev–Trinajstić information content (AvgIpc) is 2.70. The second-order valence-corrected chi connectivity index (χ2v) is 6.83. The molecule has 1 heterocycles. The lowest BCUT2D eigenvalue weighted by Crippen LogP contribution is -2.40. The fourth-order valence-electron chi connectivity index (χ4n) is 3.24. The number of nitriles is 1. The Bertz CT molecular complexity index is 853. The van der Waals surface area contributed by atoms with E-state index in [4.69, 9.17) is 14.7 Å². The SMILES string of the molecule is CCOc1cc(OC2CCC(NC(=O)c3ccc(C)nn3)CC2)ccc1C#N. The molecule has 0 radical (unpaired) electrons. The summed E-state index contributed by atoms with van der Waals surface area (Å²) >= 11 is 0. The first-order chi connectivity index (χ1) is 13.6. The molecule has 1 N–H and O–H groups in total. The van der Waals surface area contributed by atoms with Crippen LogP contribution in [0.25, 0.3) is 0 Å². The van der Waals surface area contributed by atoms with E-state index in [-0.39, 0.29) is 18.1 Å². The number of carbonyl (C=O) groups excluding carboxylic acids is 1. The number of hydrogen-bond acceptors (Lipinski definition) is 6. The maximum absolute atomic E-state index is 12.3. The van der Waals surface area contributed by atoms with Gasteiger partial charge in [0.15, 0.2) is 5.69 Å². The number of carbonyl (C=O) groups is 1. The van der Waals surface area contributed by atoms with Gasteiger partial charge in [-0.1, -0.05) is 0 Å². The normalized spacial score (nSPS) is 18.8. The number of aromatic nitrogens is 2. The summed E-state index contributed by atoms with van der Waals surface area (Å²) in [4.78, 5) is 12.3. The van der Waals surface area contributed by atoms with Gasteiger partial charge in [-0.25, -0.2) is 0 Å². The lowest BCUT2D eigenvalue weighted by molar-refractivity contribution is 0.0887. The first kappa shape index (κ1) is 19.6. The smallest absolute Gasteiger partial charge is 0.272 e. The van der Waals surface area contributed by atoms with Crippen molar-refractivity contribution in [1.82, 2.24) is 15.5 Å². The highest BCUT2D eigenvalue weighted by Gasteiger charge is 2.24. The Kier molecular flexibility index (Phi) is 6.43. The zero-order valence-corrected chi connectivity index (χ0v) is 16.1. The van der Waals surface area contributed by atoms with E-state index in [1.807, 2.05) is 13.8 Å². The largest absolute Gasteiger partial charge is 0.492 e. The Morgan fingerprint density at radius 1 is 1.21 bits per heavy atom. The number of ether oxygens (including phenoxy) is 2. The minimum atomic E-state index is -0.190. The molecule has 28 heavy (non-hydrogen) atoms. The Morgan fingerprint density at radius 3 is 2.64 bits per heavy atom. The number of benzene rings is 1. The van der Waals surface area contributed by atoms with Crippen LogP contribution in [0.15, 0.2) is 30.3 Å². The molecule has 0 unspecified atom stereocenters. The summed E-state index contributed by atoms with van der Waals surface area (Å²) in [6, 6.07) is 11.0. The van der Waals surface area contributed by atoms with Gasteiger partial charge in [0, 0.05) is 12.1 Å². The first-order valence-electron chi connectivity index (χ1n) is 9.54. The maximum Gasteiger partial charge on any atom is 0.272 e. The van der Waals surface area contributed by atoms with Crippen molar-refractivity contribution in [3.63, 3.8) is 0 Å². The highest BCUT2D eigenvalue weighted by atomic mass is 16.5. The van der Waals surface area contributed by atoms with Gasteiger partial charge < -0.3 is 14.8 Å². The third-order valence-electron chi connectivity index (χ3n) is 4.72. The van der Waals surface area contributed by atoms with Gasteiger partial charge in [0.1, 0.15) is 17.6 Å². The number of rotatable bonds is 6. The van der Waals surface area contributed by atoms with Crippen molar-refractivity contribution in [1.29, 1.82) is 5.26 Å². The molecule has 146 valence electrons. The molecule has 7 heteroatoms. The lowest BCUT2D eigenvalue weighted by atomic mass is 9.92. The topological polar surface area (TPSA) is 97.1 Å². The van der Waals surface area contributed by atoms with Gasteiger partial charge in [0.05, 0.1) is 24.0 Å². The van der Waals surface area contributed by atoms with Gasteiger partial charge in [0.25, 0.3) is 5.91 Å². The molecule has 1 aromatic carbocycles. The van der Waals surface area contributed by atoms with E-state index in [1.165, 1.54) is 0 Å². The van der Waals surface area contributed by atoms with Crippen LogP contribution in [0.5, 0.6) is 11.5 Å². The van der Waals surface area contributed by atoms with Crippen LogP contribution in [0.1, 0.15) is 54.4 Å². The maximum atomic E-state index is 12.3. The van der Waals surface area contributed by atoms with E-state index in [9.17, 15) is 4.79 Å². The lowest BCUT2D eigenvalue weighted by Gasteiger charge is -2.29. The third kappa shape index (κ3) is 4.97. The molecule has 1 aromatic heterocycles. The Hall–Kier alpha value is -3.14. The van der Waals surface area contributed by atoms with E-state index < -0.39 is 0 Å². The van der Waals surface area contributed by atoms with E-state index >= 15 is 0 Å². The molecule has 0 saturated heterocycles. The molecule has 0 aliphatic heterocycles. The fraction of sp³-hybridized carbons (Fsp3) is 0.429. The van der Waals surface area contributed by atoms with Gasteiger partial charge in [-0.3, -0.25) is 4.79 Å². The van der Waals surface area contributed by atoms with Gasteiger partial charge in [-0.2, -0.15) is 10.4 Å². The van der Waals surface area contributed by atoms with Crippen molar-refractivity contribution in [3.8, 4) is 17.6 Å². The molecule has 1 aliphatic rings. The minimum Gasteiger partial charge on any atom is -0.492 e. The number of nitrogens with zero attached hydrogens (tertiary/aromatic N) is 3. The van der Waals surface area contributed by atoms with Crippen molar-refractivity contribution in [2.24, 2.45) is 0 Å². The zero-order valence-electron chi connectivity index (χ0n) is 16.1. The summed E-state index contributed by atoms with van der Waals surface area (Å²) < 4.78 is 11.6. The first-order valence-corrected chi connectivity index (χ1v) is 9.54. The number of hydrogen-bond donors (Lipinski definition) is 1. The van der Waals surface area contributed by atoms with Gasteiger partial charge in [0.2, 0.25) is 0 Å². The van der Waals surface area contributed by atoms with Crippen molar-refractivity contribution in [2.75, 3.05) is 6.61 Å². The van der Waals surface area contributed by atoms with Gasteiger partial charge in [-0.05, 0) is 63.8 Å². The van der Waals surface area contributed by atoms with Crippen LogP contribution < -0.4 is 14.8 Å². The monoisotopic (exact) mass is 380 g/mol. The molecule has 0 atom stereocenters. The molecule has 3 rings (SSSR count). The second kappa shape index (κ2) is 9.18. The molecule has 1 fully saturated rings. The van der Waals surface area contributed by atoms with Crippen molar-refractivity contribution >= 4 is 5.91 Å². The second-order valence-electron chi connectivity index (χ2n) is 6.83. The predicted octanol–water partition coefficient (Wildman–Crippen LogP) is 3.18. The third-order valence-corrected chi connectivity index (χ3v) is 4.72. The van der Waals surface area contributed by atoms with Crippen molar-refractivity contribution in [3.05, 3.63) is 47.3 Å². The quantitative estimate of drug-likeness (QED) is 0.827.